The zero-order valence-electron chi connectivity index (χ0n) is 20.4. The molecule has 0 spiro atoms. The van der Waals surface area contributed by atoms with Crippen LogP contribution in [-0.2, 0) is 16.1 Å². The summed E-state index contributed by atoms with van der Waals surface area (Å²) in [6.45, 7) is 4.47. The van der Waals surface area contributed by atoms with Crippen LogP contribution in [0, 0.1) is 11.7 Å². The Morgan fingerprint density at radius 3 is 2.41 bits per heavy atom. The van der Waals surface area contributed by atoms with Gasteiger partial charge in [0, 0.05) is 22.8 Å². The molecule has 0 radical (unpaired) electrons. The smallest absolute Gasteiger partial charge is 0.411 e. The number of benzene rings is 3. The highest BCUT2D eigenvalue weighted by Gasteiger charge is 2.46. The fourth-order valence-corrected chi connectivity index (χ4v) is 4.19. The number of rotatable bonds is 8. The minimum absolute atomic E-state index is 0.0865. The molecule has 0 aromatic heterocycles. The molecule has 4 rings (SSSR count). The highest BCUT2D eigenvalue weighted by Crippen LogP contribution is 2.34. The van der Waals surface area contributed by atoms with Gasteiger partial charge in [-0.25, -0.2) is 9.18 Å². The van der Waals surface area contributed by atoms with E-state index in [1.54, 1.807) is 60.7 Å². The van der Waals surface area contributed by atoms with Crippen molar-refractivity contribution in [3.8, 4) is 0 Å². The van der Waals surface area contributed by atoms with Crippen molar-refractivity contribution < 1.29 is 23.5 Å². The van der Waals surface area contributed by atoms with Gasteiger partial charge in [-0.2, -0.15) is 0 Å². The molecule has 0 aliphatic carbocycles. The molecule has 1 aliphatic heterocycles. The Labute approximate surface area is 219 Å². The lowest BCUT2D eigenvalue weighted by molar-refractivity contribution is -0.126. The lowest BCUT2D eigenvalue weighted by Gasteiger charge is -2.24. The van der Waals surface area contributed by atoms with Gasteiger partial charge in [0.1, 0.15) is 5.82 Å². The number of nitrogens with zero attached hydrogens (tertiary/aromatic N) is 1. The second-order valence-electron chi connectivity index (χ2n) is 9.23. The van der Waals surface area contributed by atoms with Gasteiger partial charge in [0.2, 0.25) is 5.91 Å². The molecule has 3 amide bonds. The third-order valence-corrected chi connectivity index (χ3v) is 6.12. The van der Waals surface area contributed by atoms with E-state index in [-0.39, 0.29) is 30.1 Å². The minimum Gasteiger partial charge on any atom is -0.438 e. The summed E-state index contributed by atoms with van der Waals surface area (Å²) in [6.07, 6.45) is -1.50. The second kappa shape index (κ2) is 11.4. The summed E-state index contributed by atoms with van der Waals surface area (Å²) >= 11 is 5.97. The van der Waals surface area contributed by atoms with Gasteiger partial charge in [0.05, 0.1) is 6.54 Å². The second-order valence-corrected chi connectivity index (χ2v) is 9.67. The standard InChI is InChI=1S/C28H27ClFN3O4/c1-17(2)15-31-27(35)24-25(37-28(36)33(24)16-18-6-10-22(30)11-7-18)19-8-12-23(13-9-19)32-26(34)20-4-3-5-21(29)14-20/h3-14,17,24-25H,15-16H2,1-2H3,(H,31,35)(H,32,34)/t24-,25-/m1/s1. The molecule has 1 fully saturated rings. The van der Waals surface area contributed by atoms with Crippen molar-refractivity contribution in [2.45, 2.75) is 32.5 Å². The Balaban J connectivity index is 1.54. The van der Waals surface area contributed by atoms with Gasteiger partial charge in [-0.1, -0.05) is 55.8 Å². The molecule has 2 atom stereocenters. The van der Waals surface area contributed by atoms with Crippen molar-refractivity contribution in [1.82, 2.24) is 10.2 Å². The first-order valence-electron chi connectivity index (χ1n) is 11.9. The van der Waals surface area contributed by atoms with Crippen LogP contribution in [0.25, 0.3) is 0 Å². The lowest BCUT2D eigenvalue weighted by atomic mass is 10.00. The van der Waals surface area contributed by atoms with Gasteiger partial charge in [-0.05, 0) is 59.5 Å². The van der Waals surface area contributed by atoms with Gasteiger partial charge in [0.25, 0.3) is 5.91 Å². The fourth-order valence-electron chi connectivity index (χ4n) is 3.99. The maximum atomic E-state index is 13.4. The van der Waals surface area contributed by atoms with Crippen LogP contribution in [-0.4, -0.2) is 35.4 Å². The van der Waals surface area contributed by atoms with Crippen molar-refractivity contribution in [3.63, 3.8) is 0 Å². The van der Waals surface area contributed by atoms with Gasteiger partial charge >= 0.3 is 6.09 Å². The Bertz CT molecular complexity index is 1280. The van der Waals surface area contributed by atoms with Crippen molar-refractivity contribution in [1.29, 1.82) is 0 Å². The highest BCUT2D eigenvalue weighted by molar-refractivity contribution is 6.31. The quantitative estimate of drug-likeness (QED) is 0.404. The predicted octanol–water partition coefficient (Wildman–Crippen LogP) is 5.57. The van der Waals surface area contributed by atoms with Crippen LogP contribution >= 0.6 is 11.6 Å². The van der Waals surface area contributed by atoms with Crippen LogP contribution in [0.2, 0.25) is 5.02 Å². The topological polar surface area (TPSA) is 87.7 Å². The van der Waals surface area contributed by atoms with Crippen molar-refractivity contribution in [3.05, 3.63) is 100 Å². The van der Waals surface area contributed by atoms with E-state index < -0.39 is 18.2 Å². The van der Waals surface area contributed by atoms with Crippen LogP contribution < -0.4 is 10.6 Å². The van der Waals surface area contributed by atoms with Crippen LogP contribution in [0.3, 0.4) is 0 Å². The summed E-state index contributed by atoms with van der Waals surface area (Å²) in [5, 5.41) is 6.14. The zero-order chi connectivity index (χ0) is 26.5. The third-order valence-electron chi connectivity index (χ3n) is 5.89. The monoisotopic (exact) mass is 523 g/mol. The van der Waals surface area contributed by atoms with E-state index in [0.29, 0.717) is 33.9 Å². The first-order valence-corrected chi connectivity index (χ1v) is 12.3. The van der Waals surface area contributed by atoms with Gasteiger partial charge in [-0.3, -0.25) is 14.5 Å². The fraction of sp³-hybridized carbons (Fsp3) is 0.250. The van der Waals surface area contributed by atoms with Crippen molar-refractivity contribution >= 4 is 35.2 Å². The Hall–Kier alpha value is -3.91. The van der Waals surface area contributed by atoms with Gasteiger partial charge < -0.3 is 15.4 Å². The Morgan fingerprint density at radius 2 is 1.76 bits per heavy atom. The number of carbonyl (C=O) groups is 3. The first kappa shape index (κ1) is 26.2. The molecular weight excluding hydrogens is 497 g/mol. The van der Waals surface area contributed by atoms with Crippen LogP contribution in [0.5, 0.6) is 0 Å². The molecular formula is C28H27ClFN3O4. The van der Waals surface area contributed by atoms with E-state index in [2.05, 4.69) is 10.6 Å². The molecule has 3 aromatic rings. The summed E-state index contributed by atoms with van der Waals surface area (Å²) < 4.78 is 19.0. The molecule has 2 N–H and O–H groups in total. The lowest BCUT2D eigenvalue weighted by Crippen LogP contribution is -2.47. The summed E-state index contributed by atoms with van der Waals surface area (Å²) in [4.78, 5) is 40.0. The number of halogens is 2. The average Bonchev–Trinajstić information content (AvgIpc) is 3.20. The van der Waals surface area contributed by atoms with Crippen LogP contribution in [0.1, 0.15) is 41.4 Å². The molecule has 9 heteroatoms. The number of cyclic esters (lactones) is 1. The zero-order valence-corrected chi connectivity index (χ0v) is 21.2. The molecule has 1 heterocycles. The number of amides is 3. The molecule has 0 saturated carbocycles. The number of hydrogen-bond acceptors (Lipinski definition) is 4. The molecule has 7 nitrogen and oxygen atoms in total. The average molecular weight is 524 g/mol. The predicted molar refractivity (Wildman–Crippen MR) is 139 cm³/mol. The largest absolute Gasteiger partial charge is 0.438 e. The molecule has 1 aliphatic rings. The maximum Gasteiger partial charge on any atom is 0.411 e. The highest BCUT2D eigenvalue weighted by atomic mass is 35.5. The van der Waals surface area contributed by atoms with E-state index >= 15 is 0 Å². The third kappa shape index (κ3) is 6.46. The number of carbonyl (C=O) groups excluding carboxylic acids is 3. The molecule has 0 bridgehead atoms. The molecule has 192 valence electrons. The molecule has 37 heavy (non-hydrogen) atoms. The Morgan fingerprint density at radius 1 is 1.05 bits per heavy atom. The SMILES string of the molecule is CC(C)CNC(=O)[C@H]1[C@@H](c2ccc(NC(=O)c3cccc(Cl)c3)cc2)OC(=O)N1Cc1ccc(F)cc1. The van der Waals surface area contributed by atoms with Crippen LogP contribution in [0.4, 0.5) is 14.9 Å². The first-order chi connectivity index (χ1) is 17.7. The van der Waals surface area contributed by atoms with Gasteiger partial charge in [0.15, 0.2) is 12.1 Å². The molecule has 1 saturated heterocycles. The summed E-state index contributed by atoms with van der Waals surface area (Å²) in [5.41, 5.74) is 2.21. The summed E-state index contributed by atoms with van der Waals surface area (Å²) in [5.74, 6) is -0.836. The Kier molecular flexibility index (Phi) is 8.08. The minimum atomic E-state index is -0.928. The maximum absolute atomic E-state index is 13.4. The van der Waals surface area contributed by atoms with Crippen molar-refractivity contribution in [2.24, 2.45) is 5.92 Å². The molecule has 3 aromatic carbocycles. The van der Waals surface area contributed by atoms with E-state index in [1.165, 1.54) is 17.0 Å². The van der Waals surface area contributed by atoms with Crippen LogP contribution in [0.15, 0.2) is 72.8 Å². The van der Waals surface area contributed by atoms with Gasteiger partial charge in [-0.15, -0.1) is 0 Å². The number of anilines is 1. The number of nitrogens with one attached hydrogen (secondary N) is 2. The van der Waals surface area contributed by atoms with Crippen molar-refractivity contribution in [2.75, 3.05) is 11.9 Å². The normalized spacial score (nSPS) is 17.0. The van der Waals surface area contributed by atoms with E-state index in [1.807, 2.05) is 13.8 Å². The van der Waals surface area contributed by atoms with E-state index in [9.17, 15) is 18.8 Å². The van der Waals surface area contributed by atoms with E-state index in [0.717, 1.165) is 0 Å². The van der Waals surface area contributed by atoms with E-state index in [4.69, 9.17) is 16.3 Å². The summed E-state index contributed by atoms with van der Waals surface area (Å²) in [6, 6.07) is 18.2. The molecule has 0 unspecified atom stereocenters. The number of ether oxygens (including phenoxy) is 1. The summed E-state index contributed by atoms with van der Waals surface area (Å²) in [7, 11) is 0. The number of hydrogen-bond donors (Lipinski definition) is 2.